The van der Waals surface area contributed by atoms with Gasteiger partial charge in [0.2, 0.25) is 0 Å². The molecule has 1 aliphatic heterocycles. The van der Waals surface area contributed by atoms with Crippen molar-refractivity contribution >= 4 is 15.8 Å². The molecule has 2 rings (SSSR count). The molecule has 6 nitrogen and oxygen atoms in total. The van der Waals surface area contributed by atoms with Gasteiger partial charge in [0.05, 0.1) is 4.90 Å². The lowest BCUT2D eigenvalue weighted by molar-refractivity contribution is -0.141. The highest BCUT2D eigenvalue weighted by atomic mass is 32.2. The maximum Gasteiger partial charge on any atom is 0.325 e. The van der Waals surface area contributed by atoms with Gasteiger partial charge in [0, 0.05) is 19.1 Å². The van der Waals surface area contributed by atoms with Crippen molar-refractivity contribution in [2.24, 2.45) is 0 Å². The molecule has 1 saturated heterocycles. The second-order valence-electron chi connectivity index (χ2n) is 7.00. The fourth-order valence-corrected chi connectivity index (χ4v) is 5.68. The Morgan fingerprint density at radius 1 is 1.21 bits per heavy atom. The molecule has 1 heterocycles. The van der Waals surface area contributed by atoms with E-state index >= 15 is 0 Å². The van der Waals surface area contributed by atoms with E-state index in [0.717, 1.165) is 12.8 Å². The predicted octanol–water partition coefficient (Wildman–Crippen LogP) is 2.97. The third-order valence-electron chi connectivity index (χ3n) is 5.59. The largest absolute Gasteiger partial charge is 0.481 e. The molecule has 0 amide bonds. The van der Waals surface area contributed by atoms with Gasteiger partial charge in [-0.15, -0.1) is 5.92 Å². The number of ether oxygens (including phenoxy) is 1. The van der Waals surface area contributed by atoms with E-state index in [1.807, 2.05) is 0 Å². The lowest BCUT2D eigenvalue weighted by Crippen LogP contribution is -2.55. The number of hydrogen-bond acceptors (Lipinski definition) is 5. The molecule has 1 aromatic carbocycles. The van der Waals surface area contributed by atoms with E-state index in [1.165, 1.54) is 12.1 Å². The summed E-state index contributed by atoms with van der Waals surface area (Å²) in [7, 11) is -4.04. The fraction of sp³-hybridized carbons (Fsp3) is 0.571. The minimum absolute atomic E-state index is 0.0137. The topological polar surface area (TPSA) is 83.9 Å². The van der Waals surface area contributed by atoms with Gasteiger partial charge < -0.3 is 14.7 Å². The summed E-state index contributed by atoms with van der Waals surface area (Å²) < 4.78 is 30.2. The van der Waals surface area contributed by atoms with Crippen LogP contribution in [0.3, 0.4) is 0 Å². The minimum atomic E-state index is -4.04. The van der Waals surface area contributed by atoms with E-state index in [-0.39, 0.29) is 24.3 Å². The van der Waals surface area contributed by atoms with E-state index in [9.17, 15) is 18.3 Å². The number of sulfone groups is 1. The van der Waals surface area contributed by atoms with E-state index in [0.29, 0.717) is 24.9 Å². The number of likely N-dealkylation sites (tertiary alicyclic amines) is 1. The highest BCUT2D eigenvalue weighted by Gasteiger charge is 2.53. The Balaban J connectivity index is 2.25. The second-order valence-corrected chi connectivity index (χ2v) is 9.26. The zero-order valence-corrected chi connectivity index (χ0v) is 17.6. The lowest BCUT2D eigenvalue weighted by atomic mass is 9.94. The van der Waals surface area contributed by atoms with Gasteiger partial charge in [0.15, 0.2) is 14.6 Å². The van der Waals surface area contributed by atoms with E-state index < -0.39 is 20.6 Å². The molecule has 7 heteroatoms. The Labute approximate surface area is 167 Å². The summed E-state index contributed by atoms with van der Waals surface area (Å²) in [6.45, 7) is 7.05. The quantitative estimate of drug-likeness (QED) is 0.667. The minimum Gasteiger partial charge on any atom is -0.481 e. The van der Waals surface area contributed by atoms with Gasteiger partial charge in [-0.25, -0.2) is 8.42 Å². The smallest absolute Gasteiger partial charge is 0.325 e. The summed E-state index contributed by atoms with van der Waals surface area (Å²) >= 11 is 0. The van der Waals surface area contributed by atoms with Crippen molar-refractivity contribution in [2.45, 2.75) is 62.1 Å². The van der Waals surface area contributed by atoms with Gasteiger partial charge in [-0.3, -0.25) is 4.79 Å². The molecule has 1 aromatic rings. The summed E-state index contributed by atoms with van der Waals surface area (Å²) in [4.78, 5) is 14.3. The van der Waals surface area contributed by atoms with Crippen LogP contribution in [0.2, 0.25) is 0 Å². The molecular weight excluding hydrogens is 378 g/mol. The third-order valence-corrected chi connectivity index (χ3v) is 8.10. The number of carbonyl (C=O) groups is 1. The molecule has 28 heavy (non-hydrogen) atoms. The zero-order chi connectivity index (χ0) is 20.8. The monoisotopic (exact) mass is 407 g/mol. The Bertz CT molecular complexity index is 824. The summed E-state index contributed by atoms with van der Waals surface area (Å²) in [6.07, 6.45) is 2.11. The van der Waals surface area contributed by atoms with Crippen molar-refractivity contribution < 1.29 is 23.1 Å². The Hall–Kier alpha value is -2.04. The summed E-state index contributed by atoms with van der Waals surface area (Å²) in [5.74, 6) is 4.70. The van der Waals surface area contributed by atoms with Crippen molar-refractivity contribution in [3.63, 3.8) is 0 Å². The molecule has 0 spiro atoms. The second kappa shape index (κ2) is 9.44. The van der Waals surface area contributed by atoms with Crippen LogP contribution in [0.1, 0.15) is 46.5 Å². The van der Waals surface area contributed by atoms with Crippen LogP contribution in [0.4, 0.5) is 0 Å². The van der Waals surface area contributed by atoms with Crippen molar-refractivity contribution in [3.05, 3.63) is 24.3 Å². The van der Waals surface area contributed by atoms with Crippen LogP contribution in [0.25, 0.3) is 0 Å². The highest BCUT2D eigenvalue weighted by Crippen LogP contribution is 2.37. The first kappa shape index (κ1) is 22.3. The van der Waals surface area contributed by atoms with Gasteiger partial charge in [0.25, 0.3) is 0 Å². The van der Waals surface area contributed by atoms with Gasteiger partial charge in [-0.1, -0.05) is 19.8 Å². The van der Waals surface area contributed by atoms with Crippen LogP contribution >= 0.6 is 0 Å². The summed E-state index contributed by atoms with van der Waals surface area (Å²) in [5, 5.41) is 9.89. The first-order valence-corrected chi connectivity index (χ1v) is 11.1. The zero-order valence-electron chi connectivity index (χ0n) is 16.8. The fourth-order valence-electron chi connectivity index (χ4n) is 3.79. The molecule has 1 aliphatic rings. The molecule has 154 valence electrons. The number of carboxylic acids is 1. The summed E-state index contributed by atoms with van der Waals surface area (Å²) in [6, 6.07) is 6.28. The molecule has 0 unspecified atom stereocenters. The van der Waals surface area contributed by atoms with E-state index in [2.05, 4.69) is 30.6 Å². The van der Waals surface area contributed by atoms with E-state index in [1.54, 1.807) is 19.1 Å². The molecule has 1 fully saturated rings. The number of benzene rings is 1. The number of rotatable bonds is 8. The number of aliphatic carboxylic acids is 1. The molecule has 0 aliphatic carbocycles. The van der Waals surface area contributed by atoms with Crippen molar-refractivity contribution in [1.82, 2.24) is 4.90 Å². The van der Waals surface area contributed by atoms with Crippen LogP contribution in [0.5, 0.6) is 5.75 Å². The van der Waals surface area contributed by atoms with Gasteiger partial charge >= 0.3 is 5.97 Å². The maximum absolute atomic E-state index is 13.3. The first-order valence-electron chi connectivity index (χ1n) is 9.67. The van der Waals surface area contributed by atoms with Gasteiger partial charge in [-0.05, 0) is 56.9 Å². The maximum atomic E-state index is 13.3. The van der Waals surface area contributed by atoms with Crippen LogP contribution in [-0.2, 0) is 14.6 Å². The Morgan fingerprint density at radius 3 is 2.25 bits per heavy atom. The first-order chi connectivity index (χ1) is 13.3. The highest BCUT2D eigenvalue weighted by molar-refractivity contribution is 7.93. The van der Waals surface area contributed by atoms with Crippen molar-refractivity contribution in [3.8, 4) is 17.6 Å². The van der Waals surface area contributed by atoms with Gasteiger partial charge in [0.1, 0.15) is 12.4 Å². The van der Waals surface area contributed by atoms with Crippen LogP contribution in [0, 0.1) is 11.8 Å². The summed E-state index contributed by atoms with van der Waals surface area (Å²) in [5.41, 5.74) is 0. The predicted molar refractivity (Wildman–Crippen MR) is 108 cm³/mol. The number of carboxylic acid groups (broad SMARTS) is 1. The molecule has 0 bridgehead atoms. The number of nitrogens with zero attached hydrogens (tertiary/aromatic N) is 1. The molecular formula is C21H29NO5S. The van der Waals surface area contributed by atoms with Crippen LogP contribution < -0.4 is 4.74 Å². The Morgan fingerprint density at radius 2 is 1.79 bits per heavy atom. The van der Waals surface area contributed by atoms with Crippen LogP contribution in [0.15, 0.2) is 29.2 Å². The lowest BCUT2D eigenvalue weighted by Gasteiger charge is -2.41. The third kappa shape index (κ3) is 4.34. The Kier molecular flexibility index (Phi) is 7.50. The average molecular weight is 408 g/mol. The van der Waals surface area contributed by atoms with Gasteiger partial charge in [-0.2, -0.15) is 0 Å². The normalized spacial score (nSPS) is 17.0. The SMILES string of the molecule is CC#CCOc1ccc(S(=O)(=O)C2(C(=O)O)CCN(C(CC)CC)CC2)cc1. The molecule has 0 aromatic heterocycles. The molecule has 0 atom stereocenters. The molecule has 0 saturated carbocycles. The average Bonchev–Trinajstić information content (AvgIpc) is 2.70. The van der Waals surface area contributed by atoms with Crippen molar-refractivity contribution in [2.75, 3.05) is 19.7 Å². The standard InChI is InChI=1S/C21H29NO5S/c1-4-7-16-27-18-8-10-19(11-9-18)28(25,26)21(20(23)24)12-14-22(15-13-21)17(5-2)6-3/h8-11,17H,5-6,12-16H2,1-3H3,(H,23,24). The van der Waals surface area contributed by atoms with Crippen LogP contribution in [-0.4, -0.2) is 54.9 Å². The van der Waals surface area contributed by atoms with Crippen molar-refractivity contribution in [1.29, 1.82) is 0 Å². The van der Waals surface area contributed by atoms with E-state index in [4.69, 9.17) is 4.74 Å². The molecule has 0 radical (unpaired) electrons. The molecule has 1 N–H and O–H groups in total. The number of hydrogen-bond donors (Lipinski definition) is 1. The number of piperidine rings is 1.